The summed E-state index contributed by atoms with van der Waals surface area (Å²) >= 11 is 0. The summed E-state index contributed by atoms with van der Waals surface area (Å²) in [5.74, 6) is 1.05. The lowest BCUT2D eigenvalue weighted by molar-refractivity contribution is 0.399. The molecule has 2 aliphatic rings. The van der Waals surface area contributed by atoms with E-state index in [1.54, 1.807) is 6.20 Å². The van der Waals surface area contributed by atoms with Crippen molar-refractivity contribution in [3.05, 3.63) is 12.3 Å². The Kier molecular flexibility index (Phi) is 2.80. The molecule has 60 valence electrons. The summed E-state index contributed by atoms with van der Waals surface area (Å²) in [5, 5.41) is 7.00. The summed E-state index contributed by atoms with van der Waals surface area (Å²) in [4.78, 5) is 10.2. The van der Waals surface area contributed by atoms with Gasteiger partial charge in [-0.25, -0.2) is 4.99 Å². The van der Waals surface area contributed by atoms with Gasteiger partial charge in [0.05, 0.1) is 12.9 Å². The quantitative estimate of drug-likeness (QED) is 0.526. The third kappa shape index (κ3) is 1.65. The van der Waals surface area contributed by atoms with Gasteiger partial charge in [0, 0.05) is 19.9 Å². The number of aliphatic imine (C=N–C) groups is 2. The minimum atomic E-state index is 0.908. The minimum absolute atomic E-state index is 0.908. The molecule has 0 radical (unpaired) electrons. The van der Waals surface area contributed by atoms with Gasteiger partial charge in [0.2, 0.25) is 0 Å². The highest BCUT2D eigenvalue weighted by Crippen LogP contribution is 2.03. The minimum Gasteiger partial charge on any atom is -0.400 e. The Morgan fingerprint density at radius 3 is 3.09 bits per heavy atom. The van der Waals surface area contributed by atoms with Crippen molar-refractivity contribution in [3.8, 4) is 0 Å². The van der Waals surface area contributed by atoms with E-state index in [0.29, 0.717) is 0 Å². The summed E-state index contributed by atoms with van der Waals surface area (Å²) in [6, 6.07) is 0. The van der Waals surface area contributed by atoms with Gasteiger partial charge in [-0.05, 0) is 6.08 Å². The van der Waals surface area contributed by atoms with Crippen LogP contribution in [0.4, 0.5) is 0 Å². The first-order valence-corrected chi connectivity index (χ1v) is 3.42. The molecule has 0 aromatic heterocycles. The molecule has 2 heterocycles. The molecule has 2 aliphatic heterocycles. The molecule has 0 bridgehead atoms. The first-order chi connectivity index (χ1) is 5.47. The topological polar surface area (TPSA) is 48.2 Å². The fourth-order valence-corrected chi connectivity index (χ4v) is 0.972. The van der Waals surface area contributed by atoms with Gasteiger partial charge >= 0.3 is 0 Å². The monoisotopic (exact) mass is 153 g/mol. The van der Waals surface area contributed by atoms with Crippen molar-refractivity contribution in [1.29, 1.82) is 0 Å². The van der Waals surface area contributed by atoms with Gasteiger partial charge < -0.3 is 10.0 Å². The van der Waals surface area contributed by atoms with Gasteiger partial charge in [-0.1, -0.05) is 0 Å². The number of amidine groups is 1. The van der Waals surface area contributed by atoms with Crippen molar-refractivity contribution >= 4 is 12.2 Å². The molecule has 0 spiro atoms. The third-order valence-corrected chi connectivity index (χ3v) is 1.42. The number of rotatable bonds is 0. The van der Waals surface area contributed by atoms with E-state index in [0.717, 1.165) is 26.0 Å². The van der Waals surface area contributed by atoms with Gasteiger partial charge in [-0.2, -0.15) is 0 Å². The lowest BCUT2D eigenvalue weighted by Gasteiger charge is -2.12. The average Bonchev–Trinajstić information content (AvgIpc) is 2.55. The van der Waals surface area contributed by atoms with E-state index in [9.17, 15) is 0 Å². The molecule has 11 heavy (non-hydrogen) atoms. The van der Waals surface area contributed by atoms with Crippen LogP contribution in [0.1, 0.15) is 0 Å². The Labute approximate surface area is 65.6 Å². The summed E-state index contributed by atoms with van der Waals surface area (Å²) in [6.45, 7) is 1.90. The summed E-state index contributed by atoms with van der Waals surface area (Å²) in [6.07, 6.45) is 5.50. The summed E-state index contributed by atoms with van der Waals surface area (Å²) in [5.41, 5.74) is 0. The maximum Gasteiger partial charge on any atom is 0.130 e. The van der Waals surface area contributed by atoms with Crippen LogP contribution in [0.25, 0.3) is 0 Å². The number of nitrogens with zero attached hydrogens (tertiary/aromatic N) is 3. The van der Waals surface area contributed by atoms with Crippen molar-refractivity contribution < 1.29 is 5.11 Å². The molecule has 0 aromatic rings. The molecule has 4 heteroatoms. The fraction of sp³-hybridized carbons (Fsp3) is 0.429. The summed E-state index contributed by atoms with van der Waals surface area (Å²) < 4.78 is 0. The molecule has 0 aliphatic carbocycles. The van der Waals surface area contributed by atoms with Crippen molar-refractivity contribution in [2.75, 3.05) is 20.2 Å². The number of aliphatic hydroxyl groups excluding tert-OH is 1. The highest BCUT2D eigenvalue weighted by Gasteiger charge is 2.12. The zero-order valence-electron chi connectivity index (χ0n) is 6.44. The maximum atomic E-state index is 7.00. The zero-order chi connectivity index (χ0) is 8.10. The van der Waals surface area contributed by atoms with Crippen LogP contribution in [0.15, 0.2) is 22.3 Å². The van der Waals surface area contributed by atoms with Gasteiger partial charge in [0.25, 0.3) is 0 Å². The second-order valence-electron chi connectivity index (χ2n) is 2.01. The first-order valence-electron chi connectivity index (χ1n) is 3.42. The standard InChI is InChI=1S/C6H7N3.CH4O/c1-2-7-5-9-4-3-8-6(1)9;1-2/h1-2,5H,3-4H2;2H,1H3. The maximum absolute atomic E-state index is 7.00. The predicted octanol–water partition coefficient (Wildman–Crippen LogP) is -0.135. The highest BCUT2D eigenvalue weighted by atomic mass is 16.2. The molecule has 0 aromatic carbocycles. The van der Waals surface area contributed by atoms with E-state index in [-0.39, 0.29) is 0 Å². The smallest absolute Gasteiger partial charge is 0.130 e. The van der Waals surface area contributed by atoms with Crippen molar-refractivity contribution in [3.63, 3.8) is 0 Å². The van der Waals surface area contributed by atoms with E-state index in [4.69, 9.17) is 5.11 Å². The second kappa shape index (κ2) is 3.88. The Balaban J connectivity index is 0.000000281. The molecule has 0 saturated carbocycles. The van der Waals surface area contributed by atoms with Crippen LogP contribution in [0.2, 0.25) is 0 Å². The van der Waals surface area contributed by atoms with Crippen molar-refractivity contribution in [2.45, 2.75) is 0 Å². The van der Waals surface area contributed by atoms with E-state index < -0.39 is 0 Å². The van der Waals surface area contributed by atoms with Gasteiger partial charge in [0.15, 0.2) is 0 Å². The van der Waals surface area contributed by atoms with Crippen LogP contribution >= 0.6 is 0 Å². The lowest BCUT2D eigenvalue weighted by atomic mass is 10.5. The van der Waals surface area contributed by atoms with E-state index in [1.165, 1.54) is 0 Å². The molecule has 0 unspecified atom stereocenters. The lowest BCUT2D eigenvalue weighted by Crippen LogP contribution is -2.25. The average molecular weight is 153 g/mol. The van der Waals surface area contributed by atoms with Gasteiger partial charge in [0.1, 0.15) is 5.84 Å². The zero-order valence-corrected chi connectivity index (χ0v) is 6.44. The molecule has 0 atom stereocenters. The highest BCUT2D eigenvalue weighted by molar-refractivity contribution is 6.02. The van der Waals surface area contributed by atoms with Crippen LogP contribution in [-0.2, 0) is 0 Å². The number of hydrogen-bond acceptors (Lipinski definition) is 4. The molecule has 1 N–H and O–H groups in total. The van der Waals surface area contributed by atoms with E-state index >= 15 is 0 Å². The SMILES string of the molecule is C1=CC2=NCCN2C=N1.CO. The Morgan fingerprint density at radius 1 is 1.55 bits per heavy atom. The van der Waals surface area contributed by atoms with Crippen LogP contribution in [-0.4, -0.2) is 42.4 Å². The second-order valence-corrected chi connectivity index (χ2v) is 2.01. The molecule has 4 nitrogen and oxygen atoms in total. The number of fused-ring (bicyclic) bond motifs is 1. The Morgan fingerprint density at radius 2 is 2.36 bits per heavy atom. The molecule has 0 fully saturated rings. The molecule has 2 rings (SSSR count). The van der Waals surface area contributed by atoms with Crippen molar-refractivity contribution in [2.24, 2.45) is 9.98 Å². The van der Waals surface area contributed by atoms with E-state index in [1.807, 2.05) is 17.3 Å². The molecule has 0 saturated heterocycles. The predicted molar refractivity (Wildman–Crippen MR) is 44.8 cm³/mol. The Hall–Kier alpha value is -1.16. The van der Waals surface area contributed by atoms with Gasteiger partial charge in [-0.3, -0.25) is 4.99 Å². The first kappa shape index (κ1) is 7.94. The molecular weight excluding hydrogens is 142 g/mol. The largest absolute Gasteiger partial charge is 0.400 e. The molecule has 0 amide bonds. The number of aliphatic hydroxyl groups is 1. The van der Waals surface area contributed by atoms with E-state index in [2.05, 4.69) is 9.98 Å². The fourth-order valence-electron chi connectivity index (χ4n) is 0.972. The summed E-state index contributed by atoms with van der Waals surface area (Å²) in [7, 11) is 1.00. The van der Waals surface area contributed by atoms with Gasteiger partial charge in [-0.15, -0.1) is 0 Å². The third-order valence-electron chi connectivity index (χ3n) is 1.42. The van der Waals surface area contributed by atoms with Crippen molar-refractivity contribution in [1.82, 2.24) is 4.90 Å². The number of hydrogen-bond donors (Lipinski definition) is 1. The van der Waals surface area contributed by atoms with Crippen LogP contribution < -0.4 is 0 Å². The van der Waals surface area contributed by atoms with Crippen LogP contribution in [0.5, 0.6) is 0 Å². The normalized spacial score (nSPS) is 18.7. The van der Waals surface area contributed by atoms with Crippen LogP contribution in [0, 0.1) is 0 Å². The van der Waals surface area contributed by atoms with Crippen LogP contribution in [0.3, 0.4) is 0 Å². The Bertz CT molecular complexity index is 205. The molecular formula is C7H11N3O.